The topological polar surface area (TPSA) is 85.8 Å². The molecule has 3 aromatic rings. The maximum Gasteiger partial charge on any atom is 0.270 e. The fraction of sp³-hybridized carbons (Fsp3) is 0.300. The van der Waals surface area contributed by atoms with E-state index in [-0.39, 0.29) is 5.69 Å². The second-order valence-corrected chi connectivity index (χ2v) is 6.62. The summed E-state index contributed by atoms with van der Waals surface area (Å²) in [5.74, 6) is 0.598. The summed E-state index contributed by atoms with van der Waals surface area (Å²) in [6.07, 6.45) is 1.62. The van der Waals surface area contributed by atoms with E-state index in [0.717, 1.165) is 50.4 Å². The molecular formula is C20H21N5O3. The third kappa shape index (κ3) is 4.08. The van der Waals surface area contributed by atoms with Crippen molar-refractivity contribution in [3.8, 4) is 0 Å². The molecule has 144 valence electrons. The summed E-state index contributed by atoms with van der Waals surface area (Å²) in [6, 6.07) is 14.4. The van der Waals surface area contributed by atoms with E-state index in [4.69, 9.17) is 4.74 Å². The lowest BCUT2D eigenvalue weighted by Gasteiger charge is -2.26. The summed E-state index contributed by atoms with van der Waals surface area (Å²) in [6.45, 7) is 5.05. The van der Waals surface area contributed by atoms with Gasteiger partial charge in [-0.05, 0) is 17.7 Å². The zero-order chi connectivity index (χ0) is 19.3. The average Bonchev–Trinajstić information content (AvgIpc) is 3.09. The number of aliphatic imine (C=N–C) groups is 1. The van der Waals surface area contributed by atoms with E-state index >= 15 is 0 Å². The van der Waals surface area contributed by atoms with E-state index < -0.39 is 4.92 Å². The van der Waals surface area contributed by atoms with Gasteiger partial charge in [0.1, 0.15) is 0 Å². The molecule has 0 bridgehead atoms. The number of aromatic nitrogens is 2. The number of nitro groups is 1. The third-order valence-corrected chi connectivity index (χ3v) is 4.79. The maximum atomic E-state index is 11.0. The molecule has 0 aliphatic carbocycles. The van der Waals surface area contributed by atoms with Gasteiger partial charge in [-0.2, -0.15) is 0 Å². The molecule has 0 spiro atoms. The number of fused-ring (bicyclic) bond motifs is 1. The Labute approximate surface area is 162 Å². The SMILES string of the molecule is O=[N+]([O-])c1cccc(C=Nc2nc3ccccc3n2CCN2CCOCC2)c1. The summed E-state index contributed by atoms with van der Waals surface area (Å²) in [4.78, 5) is 22.1. The van der Waals surface area contributed by atoms with Crippen molar-refractivity contribution in [1.82, 2.24) is 14.5 Å². The highest BCUT2D eigenvalue weighted by Gasteiger charge is 2.14. The fourth-order valence-electron chi connectivity index (χ4n) is 3.30. The van der Waals surface area contributed by atoms with Gasteiger partial charge in [-0.25, -0.2) is 9.98 Å². The van der Waals surface area contributed by atoms with Crippen LogP contribution in [0.1, 0.15) is 5.56 Å². The van der Waals surface area contributed by atoms with Gasteiger partial charge in [-0.1, -0.05) is 24.3 Å². The highest BCUT2D eigenvalue weighted by molar-refractivity contribution is 5.84. The van der Waals surface area contributed by atoms with E-state index in [9.17, 15) is 10.1 Å². The van der Waals surface area contributed by atoms with Crippen LogP contribution in [0, 0.1) is 10.1 Å². The number of non-ortho nitro benzene ring substituents is 1. The lowest BCUT2D eigenvalue weighted by atomic mass is 10.2. The molecule has 0 N–H and O–H groups in total. The molecule has 2 aromatic carbocycles. The number of para-hydroxylation sites is 2. The first-order valence-electron chi connectivity index (χ1n) is 9.24. The van der Waals surface area contributed by atoms with Crippen LogP contribution in [0.3, 0.4) is 0 Å². The third-order valence-electron chi connectivity index (χ3n) is 4.79. The highest BCUT2D eigenvalue weighted by atomic mass is 16.6. The molecule has 2 heterocycles. The van der Waals surface area contributed by atoms with Gasteiger partial charge in [0.05, 0.1) is 29.2 Å². The maximum absolute atomic E-state index is 11.0. The summed E-state index contributed by atoms with van der Waals surface area (Å²) in [5, 5.41) is 11.0. The number of imidazole rings is 1. The fourth-order valence-corrected chi connectivity index (χ4v) is 3.30. The first-order valence-corrected chi connectivity index (χ1v) is 9.24. The Bertz CT molecular complexity index is 1010. The van der Waals surface area contributed by atoms with Crippen molar-refractivity contribution in [1.29, 1.82) is 0 Å². The minimum absolute atomic E-state index is 0.0461. The van der Waals surface area contributed by atoms with Crippen LogP contribution in [0.4, 0.5) is 11.6 Å². The molecule has 8 heteroatoms. The van der Waals surface area contributed by atoms with E-state index in [1.807, 2.05) is 24.3 Å². The quantitative estimate of drug-likeness (QED) is 0.373. The first-order chi connectivity index (χ1) is 13.7. The predicted octanol–water partition coefficient (Wildman–Crippen LogP) is 3.03. The largest absolute Gasteiger partial charge is 0.379 e. The van der Waals surface area contributed by atoms with Crippen LogP contribution in [0.15, 0.2) is 53.5 Å². The Kier molecular flexibility index (Phi) is 5.41. The van der Waals surface area contributed by atoms with Crippen molar-refractivity contribution in [2.24, 2.45) is 4.99 Å². The van der Waals surface area contributed by atoms with Crippen LogP contribution in [0.25, 0.3) is 11.0 Å². The molecule has 1 aromatic heterocycles. The monoisotopic (exact) mass is 379 g/mol. The Morgan fingerprint density at radius 3 is 2.79 bits per heavy atom. The van der Waals surface area contributed by atoms with Crippen molar-refractivity contribution >= 4 is 28.9 Å². The summed E-state index contributed by atoms with van der Waals surface area (Å²) >= 11 is 0. The molecule has 0 saturated carbocycles. The lowest BCUT2D eigenvalue weighted by molar-refractivity contribution is -0.384. The van der Waals surface area contributed by atoms with Gasteiger partial charge in [0.25, 0.3) is 5.69 Å². The molecule has 1 saturated heterocycles. The summed E-state index contributed by atoms with van der Waals surface area (Å²) < 4.78 is 7.51. The molecular weight excluding hydrogens is 358 g/mol. The molecule has 4 rings (SSSR count). The molecule has 1 aliphatic rings. The van der Waals surface area contributed by atoms with Gasteiger partial charge in [-0.3, -0.25) is 15.0 Å². The summed E-state index contributed by atoms with van der Waals surface area (Å²) in [5.41, 5.74) is 2.63. The Morgan fingerprint density at radius 1 is 1.14 bits per heavy atom. The number of nitro benzene ring substituents is 1. The van der Waals surface area contributed by atoms with Crippen molar-refractivity contribution < 1.29 is 9.66 Å². The first kappa shape index (κ1) is 18.3. The van der Waals surface area contributed by atoms with Gasteiger partial charge >= 0.3 is 0 Å². The van der Waals surface area contributed by atoms with E-state index in [1.54, 1.807) is 18.3 Å². The number of morpholine rings is 1. The zero-order valence-corrected chi connectivity index (χ0v) is 15.4. The van der Waals surface area contributed by atoms with Gasteiger partial charge in [0.15, 0.2) is 0 Å². The highest BCUT2D eigenvalue weighted by Crippen LogP contribution is 2.22. The van der Waals surface area contributed by atoms with Crippen molar-refractivity contribution in [2.45, 2.75) is 6.54 Å². The van der Waals surface area contributed by atoms with Crippen molar-refractivity contribution in [2.75, 3.05) is 32.8 Å². The van der Waals surface area contributed by atoms with Gasteiger partial charge < -0.3 is 9.30 Å². The van der Waals surface area contributed by atoms with Crippen LogP contribution in [-0.2, 0) is 11.3 Å². The average molecular weight is 379 g/mol. The second kappa shape index (κ2) is 8.28. The molecule has 1 aliphatic heterocycles. The number of nitrogens with zero attached hydrogens (tertiary/aromatic N) is 5. The molecule has 0 atom stereocenters. The van der Waals surface area contributed by atoms with Crippen LogP contribution in [0.5, 0.6) is 0 Å². The smallest absolute Gasteiger partial charge is 0.270 e. The molecule has 0 unspecified atom stereocenters. The minimum Gasteiger partial charge on any atom is -0.379 e. The van der Waals surface area contributed by atoms with Crippen LogP contribution < -0.4 is 0 Å². The molecule has 0 amide bonds. The number of hydrogen-bond donors (Lipinski definition) is 0. The van der Waals surface area contributed by atoms with Crippen LogP contribution >= 0.6 is 0 Å². The predicted molar refractivity (Wildman–Crippen MR) is 107 cm³/mol. The van der Waals surface area contributed by atoms with Gasteiger partial charge in [0, 0.05) is 44.5 Å². The van der Waals surface area contributed by atoms with Gasteiger partial charge in [0.2, 0.25) is 5.95 Å². The van der Waals surface area contributed by atoms with Crippen LogP contribution in [-0.4, -0.2) is 58.4 Å². The van der Waals surface area contributed by atoms with E-state index in [2.05, 4.69) is 19.4 Å². The van der Waals surface area contributed by atoms with Crippen LogP contribution in [0.2, 0.25) is 0 Å². The molecule has 1 fully saturated rings. The Hall–Kier alpha value is -3.10. The molecule has 0 radical (unpaired) electrons. The standard InChI is InChI=1S/C20H21N5O3/c26-25(27)17-5-3-4-16(14-17)15-21-20-22-18-6-1-2-7-19(18)24(20)9-8-23-10-12-28-13-11-23/h1-7,14-15H,8-13H2. The van der Waals surface area contributed by atoms with E-state index in [1.165, 1.54) is 12.1 Å². The molecule has 8 nitrogen and oxygen atoms in total. The molecule has 28 heavy (non-hydrogen) atoms. The van der Waals surface area contributed by atoms with E-state index in [0.29, 0.717) is 11.5 Å². The second-order valence-electron chi connectivity index (χ2n) is 6.62. The number of rotatable bonds is 6. The zero-order valence-electron chi connectivity index (χ0n) is 15.4. The van der Waals surface area contributed by atoms with Crippen molar-refractivity contribution in [3.63, 3.8) is 0 Å². The Balaban J connectivity index is 1.60. The summed E-state index contributed by atoms with van der Waals surface area (Å²) in [7, 11) is 0. The van der Waals surface area contributed by atoms with Gasteiger partial charge in [-0.15, -0.1) is 0 Å². The number of ether oxygens (including phenoxy) is 1. The minimum atomic E-state index is -0.408. The number of hydrogen-bond acceptors (Lipinski definition) is 6. The van der Waals surface area contributed by atoms with Crippen molar-refractivity contribution in [3.05, 3.63) is 64.2 Å². The lowest BCUT2D eigenvalue weighted by Crippen LogP contribution is -2.38. The Morgan fingerprint density at radius 2 is 1.96 bits per heavy atom. The number of benzene rings is 2. The normalized spacial score (nSPS) is 15.4.